The molecule has 1 amide bonds. The van der Waals surface area contributed by atoms with E-state index in [-0.39, 0.29) is 6.42 Å². The molecule has 1 unspecified atom stereocenters. The minimum Gasteiger partial charge on any atom is -0.347 e. The van der Waals surface area contributed by atoms with Crippen LogP contribution in [-0.2, 0) is 17.8 Å². The summed E-state index contributed by atoms with van der Waals surface area (Å²) in [5.41, 5.74) is 4.16. The molecule has 0 aromatic carbocycles. The standard InChI is InChI=1S/C11H17N.C10H11F2N3O/c1-4-5-6-7-10(2)11(3)8-9-12;11-10(12)3-6(10)9(16)15-2-1-7-8(4-15)14-5-13-7/h5-9,12H,4H2,1-3H3;5-6H,1-4H2,(H,13,14)/b6-5-,10-7-,11-8+,12-9?;. The second-order valence-corrected chi connectivity index (χ2v) is 7.06. The van der Waals surface area contributed by atoms with Gasteiger partial charge in [-0.15, -0.1) is 0 Å². The van der Waals surface area contributed by atoms with Gasteiger partial charge >= 0.3 is 0 Å². The van der Waals surface area contributed by atoms with Gasteiger partial charge in [-0.2, -0.15) is 0 Å². The van der Waals surface area contributed by atoms with Gasteiger partial charge < -0.3 is 15.3 Å². The fourth-order valence-corrected chi connectivity index (χ4v) is 2.84. The fraction of sp³-hybridized carbons (Fsp3) is 0.476. The molecule has 1 fully saturated rings. The van der Waals surface area contributed by atoms with Gasteiger partial charge in [-0.3, -0.25) is 4.79 Å². The molecule has 1 atom stereocenters. The molecule has 1 saturated carbocycles. The van der Waals surface area contributed by atoms with E-state index in [4.69, 9.17) is 5.41 Å². The number of fused-ring (bicyclic) bond motifs is 1. The van der Waals surface area contributed by atoms with Gasteiger partial charge in [0.05, 0.1) is 24.3 Å². The van der Waals surface area contributed by atoms with Crippen LogP contribution in [0.15, 0.2) is 41.8 Å². The highest BCUT2D eigenvalue weighted by molar-refractivity contribution is 5.83. The van der Waals surface area contributed by atoms with Gasteiger partial charge in [-0.05, 0) is 37.5 Å². The number of carbonyl (C=O) groups excluding carboxylic acids is 1. The van der Waals surface area contributed by atoms with Gasteiger partial charge in [0.2, 0.25) is 5.91 Å². The van der Waals surface area contributed by atoms with E-state index in [2.05, 4.69) is 42.0 Å². The Morgan fingerprint density at radius 3 is 2.68 bits per heavy atom. The molecule has 152 valence electrons. The topological polar surface area (TPSA) is 72.8 Å². The lowest BCUT2D eigenvalue weighted by molar-refractivity contribution is -0.135. The van der Waals surface area contributed by atoms with E-state index in [1.807, 2.05) is 6.92 Å². The van der Waals surface area contributed by atoms with Crippen molar-refractivity contribution in [3.05, 3.63) is 53.2 Å². The molecule has 2 N–H and O–H groups in total. The van der Waals surface area contributed by atoms with Crippen LogP contribution in [0.2, 0.25) is 0 Å². The number of amides is 1. The highest BCUT2D eigenvalue weighted by Gasteiger charge is 2.62. The Morgan fingerprint density at radius 2 is 2.07 bits per heavy atom. The van der Waals surface area contributed by atoms with Crippen LogP contribution in [0.5, 0.6) is 0 Å². The molecule has 1 aliphatic carbocycles. The number of rotatable bonds is 5. The lowest BCUT2D eigenvalue weighted by atomic mass is 10.1. The van der Waals surface area contributed by atoms with Crippen LogP contribution < -0.4 is 0 Å². The molecule has 0 spiro atoms. The third-order valence-electron chi connectivity index (χ3n) is 4.88. The Kier molecular flexibility index (Phi) is 7.43. The van der Waals surface area contributed by atoms with E-state index in [1.54, 1.807) is 12.4 Å². The second kappa shape index (κ2) is 9.57. The quantitative estimate of drug-likeness (QED) is 0.576. The summed E-state index contributed by atoms with van der Waals surface area (Å²) in [6.45, 7) is 7.04. The first-order chi connectivity index (χ1) is 13.3. The van der Waals surface area contributed by atoms with Crippen LogP contribution in [0.1, 0.15) is 45.0 Å². The summed E-state index contributed by atoms with van der Waals surface area (Å²) in [5, 5.41) is 6.89. The van der Waals surface area contributed by atoms with Crippen molar-refractivity contribution in [2.45, 2.75) is 52.5 Å². The zero-order chi connectivity index (χ0) is 20.7. The zero-order valence-electron chi connectivity index (χ0n) is 16.6. The first-order valence-corrected chi connectivity index (χ1v) is 9.49. The van der Waals surface area contributed by atoms with E-state index in [9.17, 15) is 13.6 Å². The summed E-state index contributed by atoms with van der Waals surface area (Å²) < 4.78 is 25.5. The molecule has 0 saturated heterocycles. The first kappa shape index (κ1) is 21.7. The number of hydrogen-bond donors (Lipinski definition) is 2. The number of aromatic amines is 1. The van der Waals surface area contributed by atoms with Crippen molar-refractivity contribution in [3.8, 4) is 0 Å². The smallest absolute Gasteiger partial charge is 0.260 e. The average Bonchev–Trinajstić information content (AvgIpc) is 3.08. The lowest BCUT2D eigenvalue weighted by Gasteiger charge is -2.26. The Labute approximate surface area is 164 Å². The third-order valence-corrected chi connectivity index (χ3v) is 4.88. The highest BCUT2D eigenvalue weighted by Crippen LogP contribution is 2.49. The normalized spacial score (nSPS) is 21.0. The van der Waals surface area contributed by atoms with Crippen molar-refractivity contribution in [2.24, 2.45) is 5.92 Å². The molecule has 7 heteroatoms. The van der Waals surface area contributed by atoms with Crippen LogP contribution >= 0.6 is 0 Å². The predicted molar refractivity (Wildman–Crippen MR) is 106 cm³/mol. The number of nitrogens with one attached hydrogen (secondary N) is 2. The number of halogens is 2. The van der Waals surface area contributed by atoms with E-state index >= 15 is 0 Å². The predicted octanol–water partition coefficient (Wildman–Crippen LogP) is 4.44. The van der Waals surface area contributed by atoms with E-state index < -0.39 is 17.7 Å². The maximum atomic E-state index is 12.8. The highest BCUT2D eigenvalue weighted by atomic mass is 19.3. The number of aromatic nitrogens is 2. The number of imidazole rings is 1. The average molecular weight is 390 g/mol. The van der Waals surface area contributed by atoms with Crippen molar-refractivity contribution in [1.29, 1.82) is 5.41 Å². The van der Waals surface area contributed by atoms with Gasteiger partial charge in [0.15, 0.2) is 0 Å². The Morgan fingerprint density at radius 1 is 1.39 bits per heavy atom. The van der Waals surface area contributed by atoms with Crippen molar-refractivity contribution in [3.63, 3.8) is 0 Å². The Balaban J connectivity index is 0.000000211. The molecular formula is C21H28F2N4O. The van der Waals surface area contributed by atoms with E-state index in [0.717, 1.165) is 23.4 Å². The second-order valence-electron chi connectivity index (χ2n) is 7.06. The van der Waals surface area contributed by atoms with Crippen molar-refractivity contribution < 1.29 is 13.6 Å². The van der Waals surface area contributed by atoms with Crippen LogP contribution in [0.4, 0.5) is 8.78 Å². The summed E-state index contributed by atoms with van der Waals surface area (Å²) in [7, 11) is 0. The monoisotopic (exact) mass is 390 g/mol. The van der Waals surface area contributed by atoms with Crippen molar-refractivity contribution in [2.75, 3.05) is 6.54 Å². The third kappa shape index (κ3) is 5.71. The Bertz CT molecular complexity index is 792. The molecular weight excluding hydrogens is 362 g/mol. The molecule has 28 heavy (non-hydrogen) atoms. The van der Waals surface area contributed by atoms with Gasteiger partial charge in [-0.25, -0.2) is 13.8 Å². The van der Waals surface area contributed by atoms with Gasteiger partial charge in [0.25, 0.3) is 5.92 Å². The van der Waals surface area contributed by atoms with Crippen LogP contribution in [-0.4, -0.2) is 39.5 Å². The van der Waals surface area contributed by atoms with Gasteiger partial charge in [-0.1, -0.05) is 25.2 Å². The van der Waals surface area contributed by atoms with Crippen LogP contribution in [0, 0.1) is 11.3 Å². The van der Waals surface area contributed by atoms with E-state index in [0.29, 0.717) is 19.5 Å². The minimum absolute atomic E-state index is 0.293. The van der Waals surface area contributed by atoms with E-state index in [1.165, 1.54) is 16.7 Å². The molecule has 3 rings (SSSR count). The summed E-state index contributed by atoms with van der Waals surface area (Å²) in [4.78, 5) is 20.2. The SMILES string of the molecule is CC\C=C/C=C(C)\C(C)=C\C=N.O=C(C1CC1(F)F)N1CCc2nc[nH]c2C1. The minimum atomic E-state index is -2.77. The zero-order valence-corrected chi connectivity index (χ0v) is 16.6. The van der Waals surface area contributed by atoms with Gasteiger partial charge in [0, 0.05) is 25.6 Å². The summed E-state index contributed by atoms with van der Waals surface area (Å²) in [6, 6.07) is 0. The maximum absolute atomic E-state index is 12.8. The maximum Gasteiger partial charge on any atom is 0.260 e. The molecule has 1 aromatic rings. The summed E-state index contributed by atoms with van der Waals surface area (Å²) in [5.74, 6) is -4.28. The summed E-state index contributed by atoms with van der Waals surface area (Å²) >= 11 is 0. The van der Waals surface area contributed by atoms with Crippen molar-refractivity contribution in [1.82, 2.24) is 14.9 Å². The largest absolute Gasteiger partial charge is 0.347 e. The molecule has 1 aliphatic heterocycles. The molecule has 0 radical (unpaired) electrons. The molecule has 2 aliphatic rings. The number of H-pyrrole nitrogens is 1. The first-order valence-electron chi connectivity index (χ1n) is 9.49. The number of hydrogen-bond acceptors (Lipinski definition) is 3. The van der Waals surface area contributed by atoms with Crippen LogP contribution in [0.25, 0.3) is 0 Å². The van der Waals surface area contributed by atoms with Crippen LogP contribution in [0.3, 0.4) is 0 Å². The number of nitrogens with zero attached hydrogens (tertiary/aromatic N) is 2. The number of alkyl halides is 2. The lowest BCUT2D eigenvalue weighted by Crippen LogP contribution is -2.38. The Hall–Kier alpha value is -2.57. The van der Waals surface area contributed by atoms with Gasteiger partial charge in [0.1, 0.15) is 5.92 Å². The molecule has 2 heterocycles. The fourth-order valence-electron chi connectivity index (χ4n) is 2.84. The summed E-state index contributed by atoms with van der Waals surface area (Å²) in [6.07, 6.45) is 12.3. The number of allylic oxidation sites excluding steroid dienone is 6. The molecule has 0 bridgehead atoms. The molecule has 1 aromatic heterocycles. The molecule has 5 nitrogen and oxygen atoms in total. The van der Waals surface area contributed by atoms with Crippen molar-refractivity contribution >= 4 is 12.1 Å². The number of carbonyl (C=O) groups is 1.